The van der Waals surface area contributed by atoms with E-state index in [4.69, 9.17) is 14.2 Å². The van der Waals surface area contributed by atoms with Gasteiger partial charge in [0.05, 0.1) is 12.6 Å². The van der Waals surface area contributed by atoms with E-state index in [0.717, 1.165) is 5.56 Å². The van der Waals surface area contributed by atoms with E-state index in [9.17, 15) is 9.59 Å². The molecule has 1 aliphatic heterocycles. The number of carbonyl (C=O) groups excluding carboxylic acids is 2. The van der Waals surface area contributed by atoms with E-state index in [1.807, 2.05) is 24.3 Å². The third-order valence-electron chi connectivity index (χ3n) is 3.58. The van der Waals surface area contributed by atoms with Crippen LogP contribution in [-0.4, -0.2) is 43.1 Å². The number of cyclic esters (lactones) is 1. The number of alkyl carbamates (subject to hydrolysis) is 2. The van der Waals surface area contributed by atoms with Crippen molar-refractivity contribution in [1.29, 1.82) is 0 Å². The van der Waals surface area contributed by atoms with Crippen LogP contribution in [0.4, 0.5) is 9.59 Å². The number of hydrogen-bond acceptors (Lipinski definition) is 5. The summed E-state index contributed by atoms with van der Waals surface area (Å²) in [5, 5.41) is 5.42. The van der Waals surface area contributed by atoms with Gasteiger partial charge in [-0.05, 0) is 44.9 Å². The molecule has 0 radical (unpaired) electrons. The smallest absolute Gasteiger partial charge is 0.408 e. The molecule has 26 heavy (non-hydrogen) atoms. The molecule has 2 atom stereocenters. The fourth-order valence-electron chi connectivity index (χ4n) is 2.53. The number of amides is 2. The Kier molecular flexibility index (Phi) is 6.49. The standard InChI is InChI=1S/C19H26N2O5/c1-5-9-24-14-8-6-7-13(10-14)11-15(16-12-20-17(22)25-16)21-18(23)26-19(2,3)4/h5-8,10,15-16H,1,9,11-12H2,2-4H3,(H,20,22)(H,21,23)/t15-,16+/m0/s1. The Labute approximate surface area is 153 Å². The Balaban J connectivity index is 2.09. The largest absolute Gasteiger partial charge is 0.490 e. The van der Waals surface area contributed by atoms with Gasteiger partial charge in [0.2, 0.25) is 0 Å². The molecule has 1 aromatic rings. The maximum Gasteiger partial charge on any atom is 0.408 e. The first kappa shape index (κ1) is 19.6. The maximum absolute atomic E-state index is 12.2. The Morgan fingerprint density at radius 2 is 2.27 bits per heavy atom. The molecule has 0 spiro atoms. The molecule has 7 heteroatoms. The molecule has 1 heterocycles. The summed E-state index contributed by atoms with van der Waals surface area (Å²) in [7, 11) is 0. The molecule has 1 aliphatic rings. The van der Waals surface area contributed by atoms with Crippen LogP contribution in [-0.2, 0) is 15.9 Å². The highest BCUT2D eigenvalue weighted by Crippen LogP contribution is 2.18. The number of nitrogens with one attached hydrogen (secondary N) is 2. The van der Waals surface area contributed by atoms with Crippen LogP contribution < -0.4 is 15.4 Å². The van der Waals surface area contributed by atoms with Crippen LogP contribution in [0.3, 0.4) is 0 Å². The van der Waals surface area contributed by atoms with Crippen LogP contribution in [0.15, 0.2) is 36.9 Å². The quantitative estimate of drug-likeness (QED) is 0.729. The normalized spacial score (nSPS) is 17.7. The molecule has 2 rings (SSSR count). The van der Waals surface area contributed by atoms with Crippen molar-refractivity contribution in [2.45, 2.75) is 44.9 Å². The first-order valence-corrected chi connectivity index (χ1v) is 8.53. The van der Waals surface area contributed by atoms with Gasteiger partial charge in [-0.2, -0.15) is 0 Å². The molecule has 2 amide bonds. The van der Waals surface area contributed by atoms with E-state index in [-0.39, 0.29) is 0 Å². The zero-order valence-electron chi connectivity index (χ0n) is 15.4. The fourth-order valence-corrected chi connectivity index (χ4v) is 2.53. The van der Waals surface area contributed by atoms with Gasteiger partial charge in [0.25, 0.3) is 0 Å². The van der Waals surface area contributed by atoms with Gasteiger partial charge in [0.1, 0.15) is 24.1 Å². The topological polar surface area (TPSA) is 85.9 Å². The Bertz CT molecular complexity index is 654. The Morgan fingerprint density at radius 3 is 2.88 bits per heavy atom. The molecule has 0 bridgehead atoms. The van der Waals surface area contributed by atoms with Gasteiger partial charge in [-0.25, -0.2) is 9.59 Å². The van der Waals surface area contributed by atoms with Crippen LogP contribution >= 0.6 is 0 Å². The predicted octanol–water partition coefficient (Wildman–Crippen LogP) is 2.80. The third kappa shape index (κ3) is 6.31. The summed E-state index contributed by atoms with van der Waals surface area (Å²) in [4.78, 5) is 23.6. The van der Waals surface area contributed by atoms with E-state index in [1.165, 1.54) is 0 Å². The van der Waals surface area contributed by atoms with Crippen LogP contribution in [0.5, 0.6) is 5.75 Å². The summed E-state index contributed by atoms with van der Waals surface area (Å²) >= 11 is 0. The average Bonchev–Trinajstić information content (AvgIpc) is 2.97. The van der Waals surface area contributed by atoms with E-state index >= 15 is 0 Å². The Morgan fingerprint density at radius 1 is 1.50 bits per heavy atom. The lowest BCUT2D eigenvalue weighted by molar-refractivity contribution is 0.0436. The first-order chi connectivity index (χ1) is 12.3. The average molecular weight is 362 g/mol. The molecule has 7 nitrogen and oxygen atoms in total. The molecule has 0 saturated carbocycles. The van der Waals surface area contributed by atoms with E-state index in [1.54, 1.807) is 26.8 Å². The van der Waals surface area contributed by atoms with Gasteiger partial charge >= 0.3 is 12.2 Å². The number of rotatable bonds is 7. The van der Waals surface area contributed by atoms with Crippen LogP contribution in [0, 0.1) is 0 Å². The van der Waals surface area contributed by atoms with Gasteiger partial charge in [-0.3, -0.25) is 0 Å². The second kappa shape index (κ2) is 8.60. The Hall–Kier alpha value is -2.70. The highest BCUT2D eigenvalue weighted by molar-refractivity contribution is 5.71. The minimum Gasteiger partial charge on any atom is -0.490 e. The van der Waals surface area contributed by atoms with Crippen molar-refractivity contribution >= 4 is 12.2 Å². The molecule has 1 saturated heterocycles. The summed E-state index contributed by atoms with van der Waals surface area (Å²) in [6, 6.07) is 7.10. The van der Waals surface area contributed by atoms with Gasteiger partial charge < -0.3 is 24.8 Å². The molecule has 0 aliphatic carbocycles. The SMILES string of the molecule is C=CCOc1cccc(C[C@H](NC(=O)OC(C)(C)C)[C@H]2CNC(=O)O2)c1. The molecular weight excluding hydrogens is 336 g/mol. The van der Waals surface area contributed by atoms with E-state index in [2.05, 4.69) is 17.2 Å². The van der Waals surface area contributed by atoms with Gasteiger partial charge in [0, 0.05) is 0 Å². The van der Waals surface area contributed by atoms with E-state index < -0.39 is 29.9 Å². The van der Waals surface area contributed by atoms with Crippen LogP contribution in [0.25, 0.3) is 0 Å². The van der Waals surface area contributed by atoms with Gasteiger partial charge in [0.15, 0.2) is 0 Å². The predicted molar refractivity (Wildman–Crippen MR) is 97.3 cm³/mol. The maximum atomic E-state index is 12.2. The molecule has 0 aromatic heterocycles. The van der Waals surface area contributed by atoms with Crippen molar-refractivity contribution < 1.29 is 23.8 Å². The first-order valence-electron chi connectivity index (χ1n) is 8.53. The zero-order chi connectivity index (χ0) is 19.2. The van der Waals surface area contributed by atoms with Gasteiger partial charge in [-0.15, -0.1) is 0 Å². The summed E-state index contributed by atoms with van der Waals surface area (Å²) in [5.41, 5.74) is 0.327. The third-order valence-corrected chi connectivity index (χ3v) is 3.58. The summed E-state index contributed by atoms with van der Waals surface area (Å²) in [6.45, 7) is 9.73. The van der Waals surface area contributed by atoms with Crippen molar-refractivity contribution in [2.75, 3.05) is 13.2 Å². The lowest BCUT2D eigenvalue weighted by Gasteiger charge is -2.26. The van der Waals surface area contributed by atoms with Crippen molar-refractivity contribution in [3.63, 3.8) is 0 Å². The minimum atomic E-state index is -0.613. The van der Waals surface area contributed by atoms with Crippen molar-refractivity contribution in [3.05, 3.63) is 42.5 Å². The van der Waals surface area contributed by atoms with Crippen LogP contribution in [0.1, 0.15) is 26.3 Å². The number of carbonyl (C=O) groups is 2. The van der Waals surface area contributed by atoms with Crippen molar-refractivity contribution in [1.82, 2.24) is 10.6 Å². The lowest BCUT2D eigenvalue weighted by Crippen LogP contribution is -2.48. The molecule has 0 unspecified atom stereocenters. The summed E-state index contributed by atoms with van der Waals surface area (Å²) < 4.78 is 16.1. The van der Waals surface area contributed by atoms with Crippen LogP contribution in [0.2, 0.25) is 0 Å². The second-order valence-corrected chi connectivity index (χ2v) is 7.03. The monoisotopic (exact) mass is 362 g/mol. The highest BCUT2D eigenvalue weighted by atomic mass is 16.6. The summed E-state index contributed by atoms with van der Waals surface area (Å²) in [6.07, 6.45) is 0.610. The van der Waals surface area contributed by atoms with Crippen molar-refractivity contribution in [3.8, 4) is 5.75 Å². The molecule has 142 valence electrons. The fraction of sp³-hybridized carbons (Fsp3) is 0.474. The number of hydrogen-bond donors (Lipinski definition) is 2. The molecular formula is C19H26N2O5. The zero-order valence-corrected chi connectivity index (χ0v) is 15.4. The second-order valence-electron chi connectivity index (χ2n) is 7.03. The van der Waals surface area contributed by atoms with E-state index in [0.29, 0.717) is 25.3 Å². The minimum absolute atomic E-state index is 0.325. The van der Waals surface area contributed by atoms with Gasteiger partial charge in [-0.1, -0.05) is 24.8 Å². The summed E-state index contributed by atoms with van der Waals surface area (Å²) in [5.74, 6) is 0.708. The van der Waals surface area contributed by atoms with Crippen molar-refractivity contribution in [2.24, 2.45) is 0 Å². The molecule has 1 fully saturated rings. The number of ether oxygens (including phenoxy) is 3. The lowest BCUT2D eigenvalue weighted by atomic mass is 10.0. The highest BCUT2D eigenvalue weighted by Gasteiger charge is 2.33. The molecule has 1 aromatic carbocycles. The number of benzene rings is 1. The molecule has 2 N–H and O–H groups in total.